The lowest BCUT2D eigenvalue weighted by molar-refractivity contribution is 0.628. The predicted octanol–water partition coefficient (Wildman–Crippen LogP) is 17.9. The van der Waals surface area contributed by atoms with Crippen molar-refractivity contribution < 1.29 is 8.78 Å². The van der Waals surface area contributed by atoms with E-state index in [1.165, 1.54) is 12.1 Å². The molecule has 0 fully saturated rings. The molecule has 6 heteroatoms. The summed E-state index contributed by atoms with van der Waals surface area (Å²) >= 11 is 0. The van der Waals surface area contributed by atoms with Crippen molar-refractivity contribution >= 4 is 0 Å². The number of hydrogen-bond donors (Lipinski definition) is 0. The smallest absolute Gasteiger partial charge is 0.123 e. The molecule has 0 radical (unpaired) electrons. The number of nitrogens with zero attached hydrogens (tertiary/aromatic N) is 4. The van der Waals surface area contributed by atoms with E-state index in [0.29, 0.717) is 11.1 Å². The second-order valence-electron chi connectivity index (χ2n) is 18.1. The fourth-order valence-electron chi connectivity index (χ4n) is 9.82. The quantitative estimate of drug-likeness (QED) is 0.130. The summed E-state index contributed by atoms with van der Waals surface area (Å²) in [4.78, 5) is 18.8. The van der Waals surface area contributed by atoms with Gasteiger partial charge in [-0.2, -0.15) is 0 Å². The molecule has 0 saturated carbocycles. The van der Waals surface area contributed by atoms with Crippen LogP contribution in [-0.2, 0) is 0 Å². The van der Waals surface area contributed by atoms with E-state index < -0.39 is 0 Å². The highest BCUT2D eigenvalue weighted by atomic mass is 19.1. The van der Waals surface area contributed by atoms with Crippen LogP contribution in [-0.4, -0.2) is 19.9 Å². The van der Waals surface area contributed by atoms with Crippen molar-refractivity contribution in [2.45, 2.75) is 0 Å². The van der Waals surface area contributed by atoms with Crippen LogP contribution in [0.4, 0.5) is 8.78 Å². The number of rotatable bonds is 11. The molecule has 8 aromatic carbocycles. The van der Waals surface area contributed by atoms with Gasteiger partial charge in [0.1, 0.15) is 11.6 Å². The van der Waals surface area contributed by atoms with Crippen LogP contribution < -0.4 is 0 Å². The van der Waals surface area contributed by atoms with Gasteiger partial charge in [0.05, 0.1) is 22.8 Å². The molecule has 0 atom stereocenters. The van der Waals surface area contributed by atoms with Crippen LogP contribution in [0.3, 0.4) is 0 Å². The van der Waals surface area contributed by atoms with Crippen molar-refractivity contribution in [2.75, 3.05) is 0 Å². The molecule has 12 rings (SSSR count). The molecule has 12 aromatic rings. The lowest BCUT2D eigenvalue weighted by atomic mass is 9.85. The molecular formula is C68H44F2N4. The van der Waals surface area contributed by atoms with Gasteiger partial charge in [-0.05, 0) is 168 Å². The lowest BCUT2D eigenvalue weighted by Gasteiger charge is -2.19. The molecule has 0 bridgehead atoms. The van der Waals surface area contributed by atoms with E-state index in [2.05, 4.69) is 112 Å². The van der Waals surface area contributed by atoms with Gasteiger partial charge >= 0.3 is 0 Å². The van der Waals surface area contributed by atoms with E-state index in [0.717, 1.165) is 112 Å². The Morgan fingerprint density at radius 1 is 0.203 bits per heavy atom. The molecule has 0 amide bonds. The van der Waals surface area contributed by atoms with Gasteiger partial charge in [-0.15, -0.1) is 0 Å². The summed E-state index contributed by atoms with van der Waals surface area (Å²) in [7, 11) is 0. The Labute approximate surface area is 428 Å². The number of halogens is 2. The van der Waals surface area contributed by atoms with Crippen molar-refractivity contribution in [2.24, 2.45) is 0 Å². The molecular weight excluding hydrogens is 911 g/mol. The van der Waals surface area contributed by atoms with Crippen molar-refractivity contribution in [1.29, 1.82) is 0 Å². The highest BCUT2D eigenvalue weighted by Crippen LogP contribution is 2.45. The van der Waals surface area contributed by atoms with E-state index in [4.69, 9.17) is 4.98 Å². The summed E-state index contributed by atoms with van der Waals surface area (Å²) < 4.78 is 31.7. The van der Waals surface area contributed by atoms with Crippen LogP contribution in [0.2, 0.25) is 0 Å². The Morgan fingerprint density at radius 3 is 1.08 bits per heavy atom. The van der Waals surface area contributed by atoms with Gasteiger partial charge in [0.25, 0.3) is 0 Å². The maximum atomic E-state index is 15.9. The zero-order valence-corrected chi connectivity index (χ0v) is 39.9. The largest absolute Gasteiger partial charge is 0.256 e. The molecule has 4 heterocycles. The van der Waals surface area contributed by atoms with Crippen molar-refractivity contribution in [3.63, 3.8) is 0 Å². The molecule has 0 N–H and O–H groups in total. The second-order valence-corrected chi connectivity index (χ2v) is 18.1. The van der Waals surface area contributed by atoms with E-state index in [-0.39, 0.29) is 11.6 Å². The van der Waals surface area contributed by atoms with E-state index in [1.807, 2.05) is 128 Å². The molecule has 0 aliphatic heterocycles. The molecule has 350 valence electrons. The first-order valence-corrected chi connectivity index (χ1v) is 24.4. The molecule has 0 aliphatic rings. The SMILES string of the molecule is Fc1ccc(-c2ccc(-c3ccccn3)cc2)c(-c2cc(-c3cc(F)ccc3-c3ccc(-c4ccccn4)cc3)cc(-c3ccccc3-c3cnc(-c4ccccn4)cc3-c3ccc(-c4ccccc4)cc3)c2)c1. The monoisotopic (exact) mass is 954 g/mol. The standard InChI is InChI=1S/C68H44F2N4/c69-55-31-33-58(47-23-27-50(28-24-47)65-16-6-9-35-71-65)61(41-55)53-38-52(39-54(40-53)62-42-56(70)32-34-59(62)48-25-29-51(30-26-48)66-17-7-10-36-72-66)57-14-4-5-15-60(57)64-44-74-68(67-18-8-11-37-73-67)43-63(64)49-21-19-46(20-22-49)45-12-2-1-3-13-45/h1-44H. The molecule has 0 unspecified atom stereocenters. The Hall–Kier alpha value is -9.78. The van der Waals surface area contributed by atoms with Crippen molar-refractivity contribution in [3.8, 4) is 123 Å². The summed E-state index contributed by atoms with van der Waals surface area (Å²) in [6.07, 6.45) is 7.28. The fraction of sp³-hybridized carbons (Fsp3) is 0. The molecule has 4 aromatic heterocycles. The van der Waals surface area contributed by atoms with Crippen LogP contribution in [0, 0.1) is 11.6 Å². The van der Waals surface area contributed by atoms with Gasteiger partial charge in [-0.3, -0.25) is 19.9 Å². The normalized spacial score (nSPS) is 11.1. The average molecular weight is 955 g/mol. The van der Waals surface area contributed by atoms with Crippen molar-refractivity contribution in [1.82, 2.24) is 19.9 Å². The fourth-order valence-corrected chi connectivity index (χ4v) is 9.82. The van der Waals surface area contributed by atoms with Gasteiger partial charge in [-0.25, -0.2) is 8.78 Å². The van der Waals surface area contributed by atoms with Crippen LogP contribution in [0.1, 0.15) is 0 Å². The van der Waals surface area contributed by atoms with Gasteiger partial charge in [-0.1, -0.05) is 158 Å². The third-order valence-electron chi connectivity index (χ3n) is 13.5. The first kappa shape index (κ1) is 45.4. The van der Waals surface area contributed by atoms with Gasteiger partial charge < -0.3 is 0 Å². The van der Waals surface area contributed by atoms with Gasteiger partial charge in [0.15, 0.2) is 0 Å². The summed E-state index contributed by atoms with van der Waals surface area (Å²) in [6.45, 7) is 0. The van der Waals surface area contributed by atoms with Crippen molar-refractivity contribution in [3.05, 3.63) is 279 Å². The maximum absolute atomic E-state index is 15.9. The Bertz CT molecular complexity index is 3770. The molecule has 74 heavy (non-hydrogen) atoms. The topological polar surface area (TPSA) is 51.6 Å². The van der Waals surface area contributed by atoms with E-state index >= 15 is 8.78 Å². The first-order chi connectivity index (χ1) is 36.5. The molecule has 4 nitrogen and oxygen atoms in total. The van der Waals surface area contributed by atoms with Crippen LogP contribution in [0.5, 0.6) is 0 Å². The molecule has 0 spiro atoms. The number of hydrogen-bond acceptors (Lipinski definition) is 4. The minimum absolute atomic E-state index is 0.373. The number of pyridine rings is 4. The minimum Gasteiger partial charge on any atom is -0.256 e. The highest BCUT2D eigenvalue weighted by Gasteiger charge is 2.20. The van der Waals surface area contributed by atoms with Gasteiger partial charge in [0.2, 0.25) is 0 Å². The predicted molar refractivity (Wildman–Crippen MR) is 297 cm³/mol. The highest BCUT2D eigenvalue weighted by molar-refractivity contribution is 5.97. The Balaban J connectivity index is 1.05. The maximum Gasteiger partial charge on any atom is 0.123 e. The Morgan fingerprint density at radius 2 is 0.581 bits per heavy atom. The van der Waals surface area contributed by atoms with Crippen LogP contribution in [0.25, 0.3) is 123 Å². The third-order valence-corrected chi connectivity index (χ3v) is 13.5. The summed E-state index contributed by atoms with van der Waals surface area (Å²) in [6, 6.07) is 79.4. The van der Waals surface area contributed by atoms with Crippen LogP contribution >= 0.6 is 0 Å². The number of aromatic nitrogens is 4. The van der Waals surface area contributed by atoms with Gasteiger partial charge in [0, 0.05) is 41.5 Å². The second kappa shape index (κ2) is 20.1. The summed E-state index contributed by atoms with van der Waals surface area (Å²) in [5, 5.41) is 0. The zero-order chi connectivity index (χ0) is 49.8. The average Bonchev–Trinajstić information content (AvgIpc) is 3.48. The third kappa shape index (κ3) is 9.32. The molecule has 0 saturated heterocycles. The zero-order valence-electron chi connectivity index (χ0n) is 39.9. The summed E-state index contributed by atoms with van der Waals surface area (Å²) in [5.41, 5.74) is 19.5. The first-order valence-electron chi connectivity index (χ1n) is 24.4. The van der Waals surface area contributed by atoms with Crippen LogP contribution in [0.15, 0.2) is 267 Å². The summed E-state index contributed by atoms with van der Waals surface area (Å²) in [5.74, 6) is -0.745. The van der Waals surface area contributed by atoms with E-state index in [9.17, 15) is 0 Å². The Kier molecular flexibility index (Phi) is 12.4. The molecule has 0 aliphatic carbocycles. The number of benzene rings is 8. The minimum atomic E-state index is -0.373. The lowest BCUT2D eigenvalue weighted by Crippen LogP contribution is -1.95. The van der Waals surface area contributed by atoms with E-state index in [1.54, 1.807) is 30.7 Å².